The average Bonchev–Trinajstić information content (AvgIpc) is 4.10. The topological polar surface area (TPSA) is 9.86 Å². The van der Waals surface area contributed by atoms with Gasteiger partial charge in [0.25, 0.3) is 0 Å². The minimum absolute atomic E-state index is 1.17. The fourth-order valence-corrected chi connectivity index (χ4v) is 12.9. The predicted octanol–water partition coefficient (Wildman–Crippen LogP) is 17.1. The highest BCUT2D eigenvalue weighted by Gasteiger charge is 2.26. The molecule has 288 valence electrons. The minimum atomic E-state index is 1.17. The molecule has 62 heavy (non-hydrogen) atoms. The SMILES string of the molecule is c1ccc2c(c1)cc(-n1c(-c3cccc4c3sc3ccccc34)cc3c1cc(-c1cccc4c1sc1ccccc14)n3-c1cc3ccccc3c3ccccc13)c1ccccc12. The number of fused-ring (bicyclic) bond motifs is 13. The maximum atomic E-state index is 2.58. The van der Waals surface area contributed by atoms with Gasteiger partial charge in [-0.2, -0.15) is 0 Å². The van der Waals surface area contributed by atoms with E-state index in [9.17, 15) is 0 Å². The molecule has 0 saturated heterocycles. The molecule has 0 radical (unpaired) electrons. The Bertz CT molecular complexity index is 3900. The molecule has 14 aromatic rings. The first kappa shape index (κ1) is 34.2. The van der Waals surface area contributed by atoms with Crippen molar-refractivity contribution in [2.75, 3.05) is 0 Å². The van der Waals surface area contributed by atoms with Gasteiger partial charge in [-0.25, -0.2) is 0 Å². The Balaban J connectivity index is 1.19. The quantitative estimate of drug-likeness (QED) is 0.157. The Morgan fingerprint density at radius 1 is 0.274 bits per heavy atom. The third-order valence-corrected chi connectivity index (χ3v) is 15.5. The van der Waals surface area contributed by atoms with Crippen LogP contribution >= 0.6 is 22.7 Å². The molecule has 0 aliphatic carbocycles. The van der Waals surface area contributed by atoms with Gasteiger partial charge in [-0.3, -0.25) is 0 Å². The summed E-state index contributed by atoms with van der Waals surface area (Å²) in [6.07, 6.45) is 0. The van der Waals surface area contributed by atoms with E-state index in [0.29, 0.717) is 0 Å². The van der Waals surface area contributed by atoms with Crippen LogP contribution < -0.4 is 0 Å². The largest absolute Gasteiger partial charge is 0.307 e. The molecule has 0 aliphatic heterocycles. The van der Waals surface area contributed by atoms with Crippen molar-refractivity contribution in [3.63, 3.8) is 0 Å². The van der Waals surface area contributed by atoms with Crippen LogP contribution in [0.3, 0.4) is 0 Å². The van der Waals surface area contributed by atoms with Crippen LogP contribution in [-0.2, 0) is 0 Å². The molecular formula is C58H34N2S2. The molecule has 0 bridgehead atoms. The second-order valence-electron chi connectivity index (χ2n) is 16.4. The van der Waals surface area contributed by atoms with Crippen molar-refractivity contribution in [3.8, 4) is 33.9 Å². The van der Waals surface area contributed by atoms with Crippen molar-refractivity contribution >= 4 is 117 Å². The van der Waals surface area contributed by atoms with E-state index in [2.05, 4.69) is 215 Å². The number of hydrogen-bond donors (Lipinski definition) is 0. The molecule has 0 saturated carbocycles. The number of aromatic nitrogens is 2. The molecule has 14 rings (SSSR count). The molecule has 0 unspecified atom stereocenters. The second-order valence-corrected chi connectivity index (χ2v) is 18.5. The van der Waals surface area contributed by atoms with Crippen molar-refractivity contribution in [3.05, 3.63) is 206 Å². The summed E-state index contributed by atoms with van der Waals surface area (Å²) in [5, 5.41) is 15.1. The Morgan fingerprint density at radius 3 is 1.08 bits per heavy atom. The summed E-state index contributed by atoms with van der Waals surface area (Å²) in [4.78, 5) is 0. The highest BCUT2D eigenvalue weighted by molar-refractivity contribution is 7.26. The lowest BCUT2D eigenvalue weighted by atomic mass is 9.99. The van der Waals surface area contributed by atoms with Crippen molar-refractivity contribution in [1.82, 2.24) is 9.13 Å². The zero-order valence-corrected chi connectivity index (χ0v) is 35.0. The third kappa shape index (κ3) is 4.79. The summed E-state index contributed by atoms with van der Waals surface area (Å²) in [5.74, 6) is 0. The number of thiophene rings is 2. The van der Waals surface area contributed by atoms with Crippen molar-refractivity contribution < 1.29 is 0 Å². The van der Waals surface area contributed by atoms with E-state index in [1.807, 2.05) is 22.7 Å². The molecule has 4 heterocycles. The van der Waals surface area contributed by atoms with Gasteiger partial charge in [0.15, 0.2) is 0 Å². The summed E-state index contributed by atoms with van der Waals surface area (Å²) < 4.78 is 10.4. The summed E-state index contributed by atoms with van der Waals surface area (Å²) in [6, 6.07) is 76.8. The van der Waals surface area contributed by atoms with Crippen molar-refractivity contribution in [1.29, 1.82) is 0 Å². The normalized spacial score (nSPS) is 12.2. The van der Waals surface area contributed by atoms with Gasteiger partial charge in [0.05, 0.1) is 33.8 Å². The first-order valence-corrected chi connectivity index (χ1v) is 22.8. The Kier molecular flexibility index (Phi) is 7.18. The lowest BCUT2D eigenvalue weighted by Gasteiger charge is -2.17. The van der Waals surface area contributed by atoms with Crippen LogP contribution in [0, 0.1) is 0 Å². The molecule has 4 heteroatoms. The molecule has 2 nitrogen and oxygen atoms in total. The van der Waals surface area contributed by atoms with E-state index in [-0.39, 0.29) is 0 Å². The minimum Gasteiger partial charge on any atom is -0.307 e. The molecular weight excluding hydrogens is 789 g/mol. The van der Waals surface area contributed by atoms with Crippen LogP contribution in [0.15, 0.2) is 206 Å². The van der Waals surface area contributed by atoms with Gasteiger partial charge < -0.3 is 9.13 Å². The zero-order valence-electron chi connectivity index (χ0n) is 33.3. The van der Waals surface area contributed by atoms with E-state index in [1.54, 1.807) is 0 Å². The van der Waals surface area contributed by atoms with Gasteiger partial charge in [0.2, 0.25) is 0 Å². The molecule has 10 aromatic carbocycles. The van der Waals surface area contributed by atoms with Crippen molar-refractivity contribution in [2.45, 2.75) is 0 Å². The predicted molar refractivity (Wildman–Crippen MR) is 269 cm³/mol. The highest BCUT2D eigenvalue weighted by atomic mass is 32.1. The molecule has 4 aromatic heterocycles. The number of benzene rings is 10. The summed E-state index contributed by atoms with van der Waals surface area (Å²) in [5.41, 5.74) is 9.52. The van der Waals surface area contributed by atoms with Gasteiger partial charge in [-0.05, 0) is 68.7 Å². The van der Waals surface area contributed by atoms with Crippen LogP contribution in [0.4, 0.5) is 0 Å². The second kappa shape index (κ2) is 13.0. The first-order chi connectivity index (χ1) is 30.8. The van der Waals surface area contributed by atoms with Gasteiger partial charge in [-0.1, -0.05) is 170 Å². The summed E-state index contributed by atoms with van der Waals surface area (Å²) in [6.45, 7) is 0. The summed E-state index contributed by atoms with van der Waals surface area (Å²) >= 11 is 3.79. The van der Waals surface area contributed by atoms with Gasteiger partial charge in [-0.15, -0.1) is 22.7 Å². The lowest BCUT2D eigenvalue weighted by molar-refractivity contribution is 1.16. The van der Waals surface area contributed by atoms with Gasteiger partial charge >= 0.3 is 0 Å². The highest BCUT2D eigenvalue weighted by Crippen LogP contribution is 2.48. The lowest BCUT2D eigenvalue weighted by Crippen LogP contribution is -1.99. The van der Waals surface area contributed by atoms with Crippen LogP contribution in [0.1, 0.15) is 0 Å². The monoisotopic (exact) mass is 822 g/mol. The maximum Gasteiger partial charge on any atom is 0.0724 e. The Labute approximate surface area is 364 Å². The third-order valence-electron chi connectivity index (χ3n) is 13.1. The average molecular weight is 823 g/mol. The molecule has 0 aliphatic rings. The van der Waals surface area contributed by atoms with Gasteiger partial charge in [0.1, 0.15) is 0 Å². The van der Waals surface area contributed by atoms with E-state index >= 15 is 0 Å². The fourth-order valence-electron chi connectivity index (χ4n) is 10.4. The Hall–Kier alpha value is -7.50. The Morgan fingerprint density at radius 2 is 0.629 bits per heavy atom. The first-order valence-electron chi connectivity index (χ1n) is 21.2. The number of nitrogens with zero attached hydrogens (tertiary/aromatic N) is 2. The molecule has 0 spiro atoms. The van der Waals surface area contributed by atoms with Crippen molar-refractivity contribution in [2.24, 2.45) is 0 Å². The zero-order chi connectivity index (χ0) is 40.5. The van der Waals surface area contributed by atoms with E-state index in [0.717, 1.165) is 0 Å². The van der Waals surface area contributed by atoms with Crippen LogP contribution in [0.5, 0.6) is 0 Å². The molecule has 0 atom stereocenters. The smallest absolute Gasteiger partial charge is 0.0724 e. The van der Waals surface area contributed by atoms with Crippen LogP contribution in [0.25, 0.3) is 128 Å². The summed E-state index contributed by atoms with van der Waals surface area (Å²) in [7, 11) is 0. The standard InChI is InChI=1S/C58H34N2S2/c1-3-17-37-35(15-1)31-49(41-21-7-5-19-39(37)41)59-51(47-27-13-25-45-43-23-9-11-29-55(43)61-57(45)47)33-54-53(59)34-52(48-28-14-26-46-44-24-10-12-30-56(44)62-58(46)48)60(54)50-32-36-16-2-4-18-38(36)40-20-6-8-22-42(40)50/h1-34H. The molecule has 0 amide bonds. The number of rotatable bonds is 4. The van der Waals surface area contributed by atoms with E-state index in [1.165, 1.54) is 128 Å². The van der Waals surface area contributed by atoms with Crippen LogP contribution in [0.2, 0.25) is 0 Å². The fraction of sp³-hybridized carbons (Fsp3) is 0. The van der Waals surface area contributed by atoms with Crippen LogP contribution in [-0.4, -0.2) is 9.13 Å². The molecule has 0 N–H and O–H groups in total. The molecule has 0 fully saturated rings. The maximum absolute atomic E-state index is 2.58. The van der Waals surface area contributed by atoms with Gasteiger partial charge in [0, 0.05) is 62.2 Å². The number of hydrogen-bond acceptors (Lipinski definition) is 2. The van der Waals surface area contributed by atoms with E-state index in [4.69, 9.17) is 0 Å². The van der Waals surface area contributed by atoms with E-state index < -0.39 is 0 Å².